The maximum atomic E-state index is 14.5. The zero-order valence-electron chi connectivity index (χ0n) is 22.0. The second-order valence-electron chi connectivity index (χ2n) is 8.50. The summed E-state index contributed by atoms with van der Waals surface area (Å²) in [5.41, 5.74) is 0.400. The zero-order chi connectivity index (χ0) is 32.0. The van der Waals surface area contributed by atoms with Crippen LogP contribution in [0.25, 0.3) is 0 Å². The summed E-state index contributed by atoms with van der Waals surface area (Å²) in [5, 5.41) is 10.5. The van der Waals surface area contributed by atoms with Crippen molar-refractivity contribution < 1.29 is 70.7 Å². The summed E-state index contributed by atoms with van der Waals surface area (Å²) in [7, 11) is -5.03. The molecule has 0 spiro atoms. The van der Waals surface area contributed by atoms with Gasteiger partial charge in [-0.3, -0.25) is 0 Å². The standard InChI is InChI=1S/C20H28F13N3O3Si/c1-7-12(4)34-37-40(38-35-13(5)8-2,39-36-14(6)9-3)11-10-15(21,22)16(23,24)17(25,26)18(27,28)19(29,30)20(31,32)33/h7-11H2,1-6H3/b34-12-,35-13+,36-14+. The van der Waals surface area contributed by atoms with E-state index in [2.05, 4.69) is 15.5 Å². The molecule has 0 saturated carbocycles. The van der Waals surface area contributed by atoms with E-state index in [0.29, 0.717) is 0 Å². The molecule has 20 heteroatoms. The summed E-state index contributed by atoms with van der Waals surface area (Å²) in [5.74, 6) is -37.6. The second kappa shape index (κ2) is 13.1. The molecule has 0 heterocycles. The Morgan fingerprint density at radius 1 is 0.525 bits per heavy atom. The zero-order valence-corrected chi connectivity index (χ0v) is 23.0. The minimum atomic E-state index is -8.00. The predicted molar refractivity (Wildman–Crippen MR) is 119 cm³/mol. The summed E-state index contributed by atoms with van der Waals surface area (Å²) < 4.78 is 191. The van der Waals surface area contributed by atoms with Crippen LogP contribution in [0, 0.1) is 0 Å². The molecule has 0 aromatic carbocycles. The molecule has 0 aliphatic heterocycles. The molecule has 40 heavy (non-hydrogen) atoms. The molecule has 0 rings (SSSR count). The van der Waals surface area contributed by atoms with Crippen molar-refractivity contribution in [2.75, 3.05) is 0 Å². The average molecular weight is 634 g/mol. The van der Waals surface area contributed by atoms with Gasteiger partial charge >= 0.3 is 44.6 Å². The number of halogens is 13. The van der Waals surface area contributed by atoms with Crippen molar-refractivity contribution in [3.63, 3.8) is 0 Å². The lowest BCUT2D eigenvalue weighted by atomic mass is 9.93. The normalized spacial score (nSPS) is 15.8. The largest absolute Gasteiger partial charge is 0.762 e. The molecule has 0 aromatic rings. The monoisotopic (exact) mass is 633 g/mol. The van der Waals surface area contributed by atoms with Crippen molar-refractivity contribution in [3.05, 3.63) is 0 Å². The number of oxime groups is 3. The lowest BCUT2D eigenvalue weighted by Gasteiger charge is -2.39. The summed E-state index contributed by atoms with van der Waals surface area (Å²) >= 11 is 0. The number of rotatable bonds is 16. The quantitative estimate of drug-likeness (QED) is 0.0742. The molecular formula is C20H28F13N3O3Si. The lowest BCUT2D eigenvalue weighted by Crippen LogP contribution is -2.70. The highest BCUT2D eigenvalue weighted by atomic mass is 28.4. The summed E-state index contributed by atoms with van der Waals surface area (Å²) in [6.07, 6.45) is -9.61. The van der Waals surface area contributed by atoms with Gasteiger partial charge in [0.05, 0.1) is 23.2 Å². The Hall–Kier alpha value is -2.28. The van der Waals surface area contributed by atoms with Crippen LogP contribution in [0.5, 0.6) is 0 Å². The van der Waals surface area contributed by atoms with Crippen LogP contribution in [0.15, 0.2) is 15.5 Å². The molecule has 0 aliphatic rings. The van der Waals surface area contributed by atoms with E-state index in [0.717, 1.165) is 0 Å². The molecule has 0 saturated heterocycles. The predicted octanol–water partition coefficient (Wildman–Crippen LogP) is 8.46. The van der Waals surface area contributed by atoms with Crippen molar-refractivity contribution in [3.8, 4) is 0 Å². The molecule has 0 aliphatic carbocycles. The van der Waals surface area contributed by atoms with Gasteiger partial charge in [-0.05, 0) is 40.0 Å². The van der Waals surface area contributed by atoms with Crippen LogP contribution in [-0.4, -0.2) is 61.7 Å². The van der Waals surface area contributed by atoms with E-state index < -0.39 is 57.1 Å². The van der Waals surface area contributed by atoms with Crippen LogP contribution in [0.3, 0.4) is 0 Å². The Balaban J connectivity index is 6.73. The Kier molecular flexibility index (Phi) is 12.4. The Bertz CT molecular complexity index is 883. The topological polar surface area (TPSA) is 64.8 Å². The minimum absolute atomic E-state index is 0.133. The highest BCUT2D eigenvalue weighted by Crippen LogP contribution is 2.61. The Morgan fingerprint density at radius 3 is 1.10 bits per heavy atom. The summed E-state index contributed by atoms with van der Waals surface area (Å²) in [6.45, 7) is 8.64. The van der Waals surface area contributed by atoms with Gasteiger partial charge in [0, 0.05) is 6.42 Å². The molecule has 6 nitrogen and oxygen atoms in total. The molecule has 236 valence electrons. The van der Waals surface area contributed by atoms with E-state index in [9.17, 15) is 57.1 Å². The maximum absolute atomic E-state index is 14.5. The van der Waals surface area contributed by atoms with Crippen LogP contribution in [0.4, 0.5) is 57.1 Å². The van der Waals surface area contributed by atoms with Crippen molar-refractivity contribution >= 4 is 25.9 Å². The fourth-order valence-corrected chi connectivity index (χ4v) is 3.97. The minimum Gasteiger partial charge on any atom is -0.373 e. The van der Waals surface area contributed by atoms with Gasteiger partial charge in [0.2, 0.25) is 0 Å². The van der Waals surface area contributed by atoms with E-state index in [1.807, 2.05) is 0 Å². The van der Waals surface area contributed by atoms with Crippen molar-refractivity contribution in [2.24, 2.45) is 15.5 Å². The highest BCUT2D eigenvalue weighted by Gasteiger charge is 2.90. The first-order chi connectivity index (χ1) is 17.8. The lowest BCUT2D eigenvalue weighted by molar-refractivity contribution is -0.440. The molecule has 0 aromatic heterocycles. The van der Waals surface area contributed by atoms with Gasteiger partial charge in [0.1, 0.15) is 0 Å². The van der Waals surface area contributed by atoms with E-state index in [4.69, 9.17) is 13.6 Å². The molecule has 0 N–H and O–H groups in total. The Labute approximate surface area is 221 Å². The maximum Gasteiger partial charge on any atom is 0.762 e. The third-order valence-corrected chi connectivity index (χ3v) is 7.27. The van der Waals surface area contributed by atoms with Crippen LogP contribution in [0.2, 0.25) is 6.04 Å². The first kappa shape index (κ1) is 37.7. The fraction of sp³-hybridized carbons (Fsp3) is 0.850. The number of hydrogen-bond donors (Lipinski definition) is 0. The van der Waals surface area contributed by atoms with Gasteiger partial charge in [0.25, 0.3) is 0 Å². The fourth-order valence-electron chi connectivity index (χ4n) is 2.09. The van der Waals surface area contributed by atoms with Gasteiger partial charge in [-0.15, -0.1) is 15.5 Å². The second-order valence-corrected chi connectivity index (χ2v) is 10.9. The first-order valence-electron chi connectivity index (χ1n) is 11.4. The van der Waals surface area contributed by atoms with Gasteiger partial charge in [-0.1, -0.05) is 20.8 Å². The molecule has 0 bridgehead atoms. The van der Waals surface area contributed by atoms with Crippen LogP contribution < -0.4 is 0 Å². The number of nitrogens with zero attached hydrogens (tertiary/aromatic N) is 3. The molecule has 0 radical (unpaired) electrons. The highest BCUT2D eigenvalue weighted by molar-refractivity contribution is 6.60. The van der Waals surface area contributed by atoms with Gasteiger partial charge in [-0.25, -0.2) is 0 Å². The van der Waals surface area contributed by atoms with Crippen LogP contribution >= 0.6 is 0 Å². The van der Waals surface area contributed by atoms with Gasteiger partial charge < -0.3 is 13.6 Å². The van der Waals surface area contributed by atoms with Crippen molar-refractivity contribution in [2.45, 2.75) is 109 Å². The van der Waals surface area contributed by atoms with Gasteiger partial charge in [0.15, 0.2) is 0 Å². The van der Waals surface area contributed by atoms with E-state index in [1.165, 1.54) is 20.8 Å². The first-order valence-corrected chi connectivity index (χ1v) is 13.4. The summed E-state index contributed by atoms with van der Waals surface area (Å²) in [4.78, 5) is 0. The number of alkyl halides is 13. The molecule has 0 atom stereocenters. The average Bonchev–Trinajstić information content (AvgIpc) is 2.85. The van der Waals surface area contributed by atoms with Gasteiger partial charge in [-0.2, -0.15) is 57.1 Å². The molecule has 0 amide bonds. The SMILES string of the molecule is CC/C(C)=N\O[Si](CCC(F)(F)C(F)(F)C(F)(F)C(F)(F)C(F)(F)C(F)(F)F)(O/N=C(\C)CC)O/N=C(\C)CC. The van der Waals surface area contributed by atoms with Crippen molar-refractivity contribution in [1.29, 1.82) is 0 Å². The van der Waals surface area contributed by atoms with E-state index in [1.54, 1.807) is 20.8 Å². The van der Waals surface area contributed by atoms with Crippen LogP contribution in [-0.2, 0) is 13.6 Å². The molecule has 0 fully saturated rings. The Morgan fingerprint density at radius 2 is 0.825 bits per heavy atom. The summed E-state index contributed by atoms with van der Waals surface area (Å²) in [6, 6.07) is -1.67. The van der Waals surface area contributed by atoms with Crippen molar-refractivity contribution in [1.82, 2.24) is 0 Å². The smallest absolute Gasteiger partial charge is 0.373 e. The third-order valence-electron chi connectivity index (χ3n) is 5.30. The molecular weight excluding hydrogens is 605 g/mol. The third kappa shape index (κ3) is 7.92. The van der Waals surface area contributed by atoms with E-state index in [-0.39, 0.29) is 36.4 Å². The molecule has 0 unspecified atom stereocenters. The van der Waals surface area contributed by atoms with E-state index >= 15 is 0 Å². The van der Waals surface area contributed by atoms with Crippen LogP contribution in [0.1, 0.15) is 67.2 Å². The number of hydrogen-bond acceptors (Lipinski definition) is 6.